The average Bonchev–Trinajstić information content (AvgIpc) is 2.18. The maximum atomic E-state index is 13.0. The molecule has 0 radical (unpaired) electrons. The van der Waals surface area contributed by atoms with Crippen LogP contribution in [0.4, 0.5) is 8.78 Å². The van der Waals surface area contributed by atoms with E-state index in [2.05, 4.69) is 0 Å². The minimum atomic E-state index is -1.26. The third-order valence-corrected chi connectivity index (χ3v) is 1.57. The van der Waals surface area contributed by atoms with Crippen molar-refractivity contribution in [3.63, 3.8) is 0 Å². The van der Waals surface area contributed by atoms with Crippen molar-refractivity contribution in [3.8, 4) is 0 Å². The van der Waals surface area contributed by atoms with Gasteiger partial charge in [0.2, 0.25) is 0 Å². The largest absolute Gasteiger partial charge is 0.480 e. The highest BCUT2D eigenvalue weighted by Gasteiger charge is 2.13. The topological polar surface area (TPSA) is 66.4 Å². The molecular formula is C9H7F2NO3. The number of benzene rings is 1. The highest BCUT2D eigenvalue weighted by Crippen LogP contribution is 2.09. The lowest BCUT2D eigenvalue weighted by atomic mass is 10.2. The number of carbonyl (C=O) groups excluding carboxylic acids is 1. The van der Waals surface area contributed by atoms with E-state index in [1.54, 1.807) is 0 Å². The smallest absolute Gasteiger partial charge is 0.322 e. The summed E-state index contributed by atoms with van der Waals surface area (Å²) in [5.74, 6) is -3.90. The van der Waals surface area contributed by atoms with Gasteiger partial charge in [-0.25, -0.2) is 8.78 Å². The molecule has 6 heteroatoms. The van der Waals surface area contributed by atoms with Gasteiger partial charge < -0.3 is 10.4 Å². The van der Waals surface area contributed by atoms with Crippen LogP contribution in [0.2, 0.25) is 0 Å². The molecule has 0 aromatic heterocycles. The Labute approximate surface area is 83.5 Å². The van der Waals surface area contributed by atoms with Gasteiger partial charge in [-0.2, -0.15) is 0 Å². The van der Waals surface area contributed by atoms with Crippen molar-refractivity contribution < 1.29 is 23.5 Å². The molecule has 0 saturated carbocycles. The Morgan fingerprint density at radius 1 is 1.33 bits per heavy atom. The summed E-state index contributed by atoms with van der Waals surface area (Å²) in [6.07, 6.45) is 0. The lowest BCUT2D eigenvalue weighted by molar-refractivity contribution is -0.135. The van der Waals surface area contributed by atoms with Crippen LogP contribution in [0.1, 0.15) is 10.4 Å². The summed E-state index contributed by atoms with van der Waals surface area (Å²) in [6, 6.07) is 2.36. The van der Waals surface area contributed by atoms with Gasteiger partial charge in [0.15, 0.2) is 0 Å². The van der Waals surface area contributed by atoms with Gasteiger partial charge in [-0.3, -0.25) is 9.59 Å². The number of amides is 1. The summed E-state index contributed by atoms with van der Waals surface area (Å²) in [4.78, 5) is 21.2. The zero-order valence-corrected chi connectivity index (χ0v) is 7.46. The molecule has 1 amide bonds. The van der Waals surface area contributed by atoms with Crippen molar-refractivity contribution in [1.29, 1.82) is 0 Å². The number of rotatable bonds is 3. The van der Waals surface area contributed by atoms with E-state index in [-0.39, 0.29) is 0 Å². The van der Waals surface area contributed by atoms with Crippen molar-refractivity contribution >= 4 is 11.9 Å². The number of carbonyl (C=O) groups is 2. The molecule has 0 aliphatic rings. The molecule has 2 N–H and O–H groups in total. The van der Waals surface area contributed by atoms with Crippen LogP contribution in [0.25, 0.3) is 0 Å². The van der Waals surface area contributed by atoms with E-state index in [0.29, 0.717) is 6.07 Å². The van der Waals surface area contributed by atoms with Crippen LogP contribution in [0.15, 0.2) is 18.2 Å². The van der Waals surface area contributed by atoms with Crippen LogP contribution in [-0.4, -0.2) is 23.5 Å². The van der Waals surface area contributed by atoms with E-state index in [9.17, 15) is 18.4 Å². The predicted molar refractivity (Wildman–Crippen MR) is 46.3 cm³/mol. The second-order valence-corrected chi connectivity index (χ2v) is 2.70. The highest BCUT2D eigenvalue weighted by molar-refractivity contribution is 5.95. The van der Waals surface area contributed by atoms with Gasteiger partial charge in [0.25, 0.3) is 5.91 Å². The normalized spacial score (nSPS) is 9.73. The Kier molecular flexibility index (Phi) is 3.33. The Morgan fingerprint density at radius 2 is 2.00 bits per heavy atom. The van der Waals surface area contributed by atoms with Gasteiger partial charge in [0, 0.05) is 0 Å². The summed E-state index contributed by atoms with van der Waals surface area (Å²) < 4.78 is 25.6. The molecular weight excluding hydrogens is 208 g/mol. The summed E-state index contributed by atoms with van der Waals surface area (Å²) >= 11 is 0. The van der Waals surface area contributed by atoms with Crippen molar-refractivity contribution in [2.24, 2.45) is 0 Å². The van der Waals surface area contributed by atoms with Gasteiger partial charge in [0.1, 0.15) is 18.2 Å². The van der Waals surface area contributed by atoms with E-state index in [1.165, 1.54) is 0 Å². The number of hydrogen-bond acceptors (Lipinski definition) is 2. The molecule has 15 heavy (non-hydrogen) atoms. The molecule has 0 atom stereocenters. The average molecular weight is 215 g/mol. The minimum Gasteiger partial charge on any atom is -0.480 e. The molecule has 0 fully saturated rings. The van der Waals surface area contributed by atoms with Crippen molar-refractivity contribution in [3.05, 3.63) is 35.4 Å². The summed E-state index contributed by atoms with van der Waals surface area (Å²) in [6.45, 7) is -0.644. The molecule has 0 unspecified atom stereocenters. The zero-order valence-electron chi connectivity index (χ0n) is 7.46. The van der Waals surface area contributed by atoms with Gasteiger partial charge in [0.05, 0.1) is 5.56 Å². The Bertz CT molecular complexity index is 406. The number of carboxylic acid groups (broad SMARTS) is 1. The van der Waals surface area contributed by atoms with E-state index in [0.717, 1.165) is 12.1 Å². The van der Waals surface area contributed by atoms with Crippen molar-refractivity contribution in [2.45, 2.75) is 0 Å². The van der Waals surface area contributed by atoms with Gasteiger partial charge in [-0.1, -0.05) is 0 Å². The third kappa shape index (κ3) is 3.01. The van der Waals surface area contributed by atoms with Gasteiger partial charge >= 0.3 is 5.97 Å². The van der Waals surface area contributed by atoms with Crippen LogP contribution < -0.4 is 5.32 Å². The number of nitrogens with one attached hydrogen (secondary N) is 1. The molecule has 1 rings (SSSR count). The molecule has 1 aromatic rings. The Balaban J connectivity index is 2.81. The first-order valence-electron chi connectivity index (χ1n) is 3.95. The molecule has 80 valence electrons. The zero-order chi connectivity index (χ0) is 11.4. The first-order chi connectivity index (χ1) is 7.00. The molecule has 0 saturated heterocycles. The molecule has 1 aromatic carbocycles. The van der Waals surface area contributed by atoms with E-state index in [4.69, 9.17) is 5.11 Å². The number of hydrogen-bond donors (Lipinski definition) is 2. The second-order valence-electron chi connectivity index (χ2n) is 2.70. The first kappa shape index (κ1) is 11.1. The maximum Gasteiger partial charge on any atom is 0.322 e. The quantitative estimate of drug-likeness (QED) is 0.782. The SMILES string of the molecule is O=C(O)CNC(=O)c1cc(F)ccc1F. The highest BCUT2D eigenvalue weighted by atomic mass is 19.1. The number of halogens is 2. The van der Waals surface area contributed by atoms with Gasteiger partial charge in [-0.05, 0) is 18.2 Å². The minimum absolute atomic E-state index is 0.517. The van der Waals surface area contributed by atoms with E-state index < -0.39 is 35.6 Å². The fourth-order valence-electron chi connectivity index (χ4n) is 0.923. The fourth-order valence-corrected chi connectivity index (χ4v) is 0.923. The number of aliphatic carboxylic acids is 1. The van der Waals surface area contributed by atoms with Crippen LogP contribution in [0, 0.1) is 11.6 Å². The van der Waals surface area contributed by atoms with Crippen molar-refractivity contribution in [2.75, 3.05) is 6.54 Å². The lowest BCUT2D eigenvalue weighted by Crippen LogP contribution is -2.29. The van der Waals surface area contributed by atoms with E-state index in [1.807, 2.05) is 5.32 Å². The molecule has 4 nitrogen and oxygen atoms in total. The summed E-state index contributed by atoms with van der Waals surface area (Å²) in [7, 11) is 0. The first-order valence-corrected chi connectivity index (χ1v) is 3.95. The molecule has 0 bridgehead atoms. The van der Waals surface area contributed by atoms with Crippen LogP contribution in [0.5, 0.6) is 0 Å². The Hall–Kier alpha value is -1.98. The fraction of sp³-hybridized carbons (Fsp3) is 0.111. The third-order valence-electron chi connectivity index (χ3n) is 1.57. The lowest BCUT2D eigenvalue weighted by Gasteiger charge is -2.03. The molecule has 0 heterocycles. The Morgan fingerprint density at radius 3 is 2.60 bits per heavy atom. The standard InChI is InChI=1S/C9H7F2NO3/c10-5-1-2-7(11)6(3-5)9(15)12-4-8(13)14/h1-3H,4H2,(H,12,15)(H,13,14). The monoisotopic (exact) mass is 215 g/mol. The predicted octanol–water partition coefficient (Wildman–Crippen LogP) is 0.779. The van der Waals surface area contributed by atoms with Crippen LogP contribution in [-0.2, 0) is 4.79 Å². The summed E-state index contributed by atoms with van der Waals surface area (Å²) in [5.41, 5.74) is -0.517. The molecule has 0 aliphatic heterocycles. The van der Waals surface area contributed by atoms with Crippen molar-refractivity contribution in [1.82, 2.24) is 5.32 Å². The molecule has 0 spiro atoms. The molecule has 0 aliphatic carbocycles. The van der Waals surface area contributed by atoms with Crippen LogP contribution >= 0.6 is 0 Å². The van der Waals surface area contributed by atoms with Crippen LogP contribution in [0.3, 0.4) is 0 Å². The number of carboxylic acids is 1. The van der Waals surface area contributed by atoms with E-state index >= 15 is 0 Å². The summed E-state index contributed by atoms with van der Waals surface area (Å²) in [5, 5.41) is 10.2. The maximum absolute atomic E-state index is 13.0. The van der Waals surface area contributed by atoms with Gasteiger partial charge in [-0.15, -0.1) is 0 Å². The second kappa shape index (κ2) is 4.50.